The molecular formula is C89H118Br2F8N2O9. The second-order valence-electron chi connectivity index (χ2n) is 31.5. The molecule has 0 aliphatic heterocycles. The molecule has 0 aliphatic carbocycles. The van der Waals surface area contributed by atoms with Crippen molar-refractivity contribution in [3.8, 4) is 40.2 Å². The number of alkyl halides is 6. The van der Waals surface area contributed by atoms with Gasteiger partial charge in [0.15, 0.2) is 11.6 Å². The molecule has 2 amide bonds. The Balaban J connectivity index is 0.000000629. The van der Waals surface area contributed by atoms with Crippen molar-refractivity contribution in [3.05, 3.63) is 238 Å². The van der Waals surface area contributed by atoms with Crippen LogP contribution >= 0.6 is 31.9 Å². The van der Waals surface area contributed by atoms with Gasteiger partial charge in [0.2, 0.25) is 0 Å². The van der Waals surface area contributed by atoms with E-state index >= 15 is 0 Å². The molecule has 21 heteroatoms. The SMILES string of the molecule is CC(C)Cc1ccc(Br)c(O)c1.CC(C)Cc1ccc(C(F)(F)F)c(O)c1.CC(C)Cc1ccc(F)c(C(N)=O)c1.CC(C)Cc1ccc(O)c(Br)c1.CC(C)Cc1ccc(O)c(C(C)(C)C)c1.CC(C)Cc1ccc(O)c(C(F)(F)F)c1.CC(C)Cc1ccc(O)c(C(N)=O)c1.COc1cc(CC(C)C)ccc1F. The molecule has 0 saturated heterocycles. The number of benzene rings is 8. The van der Waals surface area contributed by atoms with Gasteiger partial charge in [-0.1, -0.05) is 186 Å². The number of phenols is 6. The van der Waals surface area contributed by atoms with Crippen LogP contribution in [-0.4, -0.2) is 49.6 Å². The Bertz CT molecular complexity index is 3910. The van der Waals surface area contributed by atoms with Crippen LogP contribution in [0.15, 0.2) is 155 Å². The molecule has 0 radical (unpaired) electrons. The molecule has 8 rings (SSSR count). The van der Waals surface area contributed by atoms with Crippen molar-refractivity contribution in [2.45, 2.75) is 201 Å². The van der Waals surface area contributed by atoms with E-state index in [-0.39, 0.29) is 34.0 Å². The largest absolute Gasteiger partial charge is 0.508 e. The predicted molar refractivity (Wildman–Crippen MR) is 437 cm³/mol. The third kappa shape index (κ3) is 40.1. The van der Waals surface area contributed by atoms with Gasteiger partial charge in [-0.15, -0.1) is 0 Å². The smallest absolute Gasteiger partial charge is 0.419 e. The molecule has 8 aromatic rings. The third-order valence-corrected chi connectivity index (χ3v) is 16.9. The van der Waals surface area contributed by atoms with Gasteiger partial charge in [0, 0.05) is 0 Å². The number of carbonyl (C=O) groups excluding carboxylic acids is 2. The van der Waals surface area contributed by atoms with Crippen LogP contribution in [0.5, 0.6) is 40.2 Å². The van der Waals surface area contributed by atoms with Gasteiger partial charge in [-0.05, 0) is 277 Å². The molecule has 10 N–H and O–H groups in total. The van der Waals surface area contributed by atoms with Crippen LogP contribution in [0, 0.1) is 59.0 Å². The van der Waals surface area contributed by atoms with Gasteiger partial charge < -0.3 is 46.8 Å². The number of amides is 2. The molecule has 0 bridgehead atoms. The summed E-state index contributed by atoms with van der Waals surface area (Å²) in [6, 6.07) is 39.0. The average Bonchev–Trinajstić information content (AvgIpc) is 0.853. The number of aromatic hydroxyl groups is 6. The van der Waals surface area contributed by atoms with E-state index in [0.717, 1.165) is 93.5 Å². The lowest BCUT2D eigenvalue weighted by Crippen LogP contribution is -2.13. The van der Waals surface area contributed by atoms with Crippen LogP contribution in [0.2, 0.25) is 0 Å². The van der Waals surface area contributed by atoms with Gasteiger partial charge in [-0.2, -0.15) is 26.3 Å². The monoisotopic (exact) mass is 1670 g/mol. The van der Waals surface area contributed by atoms with E-state index in [1.54, 1.807) is 30.3 Å². The minimum atomic E-state index is -4.49. The number of rotatable bonds is 19. The highest BCUT2D eigenvalue weighted by atomic mass is 79.9. The second-order valence-corrected chi connectivity index (χ2v) is 33.2. The zero-order valence-corrected chi connectivity index (χ0v) is 70.6. The van der Waals surface area contributed by atoms with E-state index < -0.39 is 52.6 Å². The standard InChI is InChI=1S/C14H22O.2C11H13F3O.C11H14FNO.C11H15FO.C11H15NO2.2C10H13BrO/c1-10(2)8-11-6-7-13(15)12(9-11)14(3,4)5;1-7(2)5-8-3-4-10(15)9(6-8)11(12,13)14;1-7(2)5-8-3-4-9(10(15)6-8)11(12,13)14;1-7(2)5-8-3-4-10(12)9(6-8)11(13)14;1-8(2)6-9-4-5-10(12)11(7-9)13-3;1-7(2)5-8-3-4-10(13)9(6-8)11(12)14;1-7(2)5-8-3-4-10(12)9(11)6-8;1-7(2)5-8-3-4-9(11)10(12)6-8/h6-7,9-10,15H,8H2,1-5H3;2*3-4,6-7,15H,5H2,1-2H3;3-4,6-7H,5H2,1-2H3,(H2,13,14);4-5,7-8H,6H2,1-3H3;3-4,6-7,13H,5H2,1-2H3,(H2,12,14);2*3-4,6-7,12H,5H2,1-2H3. The molecule has 110 heavy (non-hydrogen) atoms. The molecule has 8 aromatic carbocycles. The fraction of sp³-hybridized carbons (Fsp3) is 0.438. The molecule has 608 valence electrons. The van der Waals surface area contributed by atoms with Crippen LogP contribution < -0.4 is 16.2 Å². The summed E-state index contributed by atoms with van der Waals surface area (Å²) in [7, 11) is 1.48. The summed E-state index contributed by atoms with van der Waals surface area (Å²) < 4.78 is 107. The fourth-order valence-corrected chi connectivity index (χ4v) is 11.6. The van der Waals surface area contributed by atoms with Crippen molar-refractivity contribution >= 4 is 43.7 Å². The van der Waals surface area contributed by atoms with Crippen molar-refractivity contribution < 1.29 is 80.1 Å². The number of hydrogen-bond acceptors (Lipinski definition) is 9. The topological polar surface area (TPSA) is 217 Å². The normalized spacial score (nSPS) is 11.2. The quantitative estimate of drug-likeness (QED) is 0.0361. The maximum atomic E-state index is 13.1. The summed E-state index contributed by atoms with van der Waals surface area (Å²) in [5, 5.41) is 56.0. The molecule has 0 aromatic heterocycles. The summed E-state index contributed by atoms with van der Waals surface area (Å²) in [4.78, 5) is 21.8. The van der Waals surface area contributed by atoms with E-state index in [0.29, 0.717) is 82.8 Å². The lowest BCUT2D eigenvalue weighted by molar-refractivity contribution is -0.139. The maximum absolute atomic E-state index is 13.1. The first-order valence-electron chi connectivity index (χ1n) is 36.8. The molecule has 0 atom stereocenters. The Kier molecular flexibility index (Phi) is 43.3. The summed E-state index contributed by atoms with van der Waals surface area (Å²) in [6.45, 7) is 39.9. The molecule has 0 heterocycles. The van der Waals surface area contributed by atoms with Gasteiger partial charge in [0.1, 0.15) is 40.3 Å². The maximum Gasteiger partial charge on any atom is 0.419 e. The minimum Gasteiger partial charge on any atom is -0.508 e. The van der Waals surface area contributed by atoms with Gasteiger partial charge in [0.05, 0.1) is 38.3 Å². The number of hydrogen-bond donors (Lipinski definition) is 8. The van der Waals surface area contributed by atoms with Crippen LogP contribution in [0.25, 0.3) is 0 Å². The zero-order valence-electron chi connectivity index (χ0n) is 67.5. The Morgan fingerprint density at radius 2 is 0.627 bits per heavy atom. The van der Waals surface area contributed by atoms with Crippen LogP contribution in [0.3, 0.4) is 0 Å². The third-order valence-electron chi connectivity index (χ3n) is 15.6. The van der Waals surface area contributed by atoms with E-state index in [9.17, 15) is 70.2 Å². The number of primary amides is 2. The molecule has 0 fully saturated rings. The molecule has 0 saturated carbocycles. The summed E-state index contributed by atoms with van der Waals surface area (Å²) >= 11 is 6.53. The number of nitrogens with two attached hydrogens (primary N) is 2. The van der Waals surface area contributed by atoms with Crippen LogP contribution in [-0.2, 0) is 69.1 Å². The molecule has 0 unspecified atom stereocenters. The fourth-order valence-electron chi connectivity index (χ4n) is 11.0. The number of halogens is 10. The molecule has 11 nitrogen and oxygen atoms in total. The number of carbonyl (C=O) groups is 2. The second kappa shape index (κ2) is 47.8. The Labute approximate surface area is 665 Å². The Morgan fingerprint density at radius 1 is 0.336 bits per heavy atom. The first-order valence-corrected chi connectivity index (χ1v) is 38.4. The highest BCUT2D eigenvalue weighted by molar-refractivity contribution is 9.11. The highest BCUT2D eigenvalue weighted by Gasteiger charge is 2.35. The molecule has 0 spiro atoms. The van der Waals surface area contributed by atoms with Crippen LogP contribution in [0.4, 0.5) is 35.1 Å². The van der Waals surface area contributed by atoms with Gasteiger partial charge in [0.25, 0.3) is 11.8 Å². The van der Waals surface area contributed by atoms with Gasteiger partial charge >= 0.3 is 12.4 Å². The zero-order chi connectivity index (χ0) is 84.5. The first-order chi connectivity index (χ1) is 50.7. The summed E-state index contributed by atoms with van der Waals surface area (Å²) in [6.07, 6.45) is -1.95. The first kappa shape index (κ1) is 99.7. The van der Waals surface area contributed by atoms with Gasteiger partial charge in [-0.3, -0.25) is 9.59 Å². The summed E-state index contributed by atoms with van der Waals surface area (Å²) in [5.74, 6) is 1.91. The van der Waals surface area contributed by atoms with Crippen molar-refractivity contribution in [2.75, 3.05) is 7.11 Å². The Hall–Kier alpha value is -8.30. The number of ether oxygens (including phenoxy) is 1. The van der Waals surface area contributed by atoms with E-state index in [4.69, 9.17) is 21.3 Å². The molecule has 0 aliphatic rings. The average molecular weight is 1670 g/mol. The van der Waals surface area contributed by atoms with Crippen LogP contribution in [0.1, 0.15) is 213 Å². The minimum absolute atomic E-state index is 0.0110. The van der Waals surface area contributed by atoms with E-state index in [1.807, 2.05) is 76.2 Å². The lowest BCUT2D eigenvalue weighted by atomic mass is 9.84. The van der Waals surface area contributed by atoms with E-state index in [1.165, 1.54) is 66.3 Å². The van der Waals surface area contributed by atoms with Crippen molar-refractivity contribution in [1.29, 1.82) is 0 Å². The lowest BCUT2D eigenvalue weighted by Gasteiger charge is -2.21. The van der Waals surface area contributed by atoms with Crippen molar-refractivity contribution in [2.24, 2.45) is 58.8 Å². The van der Waals surface area contributed by atoms with E-state index in [2.05, 4.69) is 142 Å². The Morgan fingerprint density at radius 3 is 0.973 bits per heavy atom. The predicted octanol–water partition coefficient (Wildman–Crippen LogP) is 24.7. The summed E-state index contributed by atoms with van der Waals surface area (Å²) in [5.41, 5.74) is 17.6. The van der Waals surface area contributed by atoms with Crippen molar-refractivity contribution in [1.82, 2.24) is 0 Å². The number of phenolic OH excluding ortho intramolecular Hbond substituents is 5. The highest BCUT2D eigenvalue weighted by Crippen LogP contribution is 2.39. The van der Waals surface area contributed by atoms with Gasteiger partial charge in [-0.25, -0.2) is 8.78 Å². The molecular weight excluding hydrogens is 1550 g/mol. The number of methoxy groups -OCH3 is 1. The van der Waals surface area contributed by atoms with Crippen molar-refractivity contribution in [3.63, 3.8) is 0 Å².